The Morgan fingerprint density at radius 1 is 1.15 bits per heavy atom. The summed E-state index contributed by atoms with van der Waals surface area (Å²) in [5.41, 5.74) is 1.29. The van der Waals surface area contributed by atoms with Crippen LogP contribution in [0, 0.1) is 0 Å². The summed E-state index contributed by atoms with van der Waals surface area (Å²) in [6, 6.07) is 15.9. The van der Waals surface area contributed by atoms with Gasteiger partial charge in [0.2, 0.25) is 0 Å². The van der Waals surface area contributed by atoms with Gasteiger partial charge < -0.3 is 10.1 Å². The van der Waals surface area contributed by atoms with Crippen molar-refractivity contribution in [3.8, 4) is 0 Å². The van der Waals surface area contributed by atoms with Crippen LogP contribution in [0.5, 0.6) is 0 Å². The number of morpholine rings is 1. The van der Waals surface area contributed by atoms with Crippen LogP contribution in [0.1, 0.15) is 21.4 Å². The van der Waals surface area contributed by atoms with Gasteiger partial charge in [0.05, 0.1) is 24.8 Å². The Balaban J connectivity index is 1.48. The van der Waals surface area contributed by atoms with Gasteiger partial charge in [0.25, 0.3) is 5.91 Å². The molecule has 2 aromatic heterocycles. The molecule has 1 saturated heterocycles. The van der Waals surface area contributed by atoms with E-state index in [0.29, 0.717) is 12.2 Å². The standard InChI is InChI=1S/C20H21N3O2S/c24-20(17-8-7-15-4-1-2-5-16(15)22-17)21-14-18(19-6-3-13-26-19)23-9-11-25-12-10-23/h1-8,13,18H,9-12,14H2,(H,21,24). The molecule has 5 nitrogen and oxygen atoms in total. The number of benzene rings is 1. The number of carbonyl (C=O) groups excluding carboxylic acids is 1. The van der Waals surface area contributed by atoms with Crippen LogP contribution >= 0.6 is 11.3 Å². The lowest BCUT2D eigenvalue weighted by Gasteiger charge is -2.34. The molecule has 1 atom stereocenters. The smallest absolute Gasteiger partial charge is 0.269 e. The Labute approximate surface area is 156 Å². The third-order valence-electron chi connectivity index (χ3n) is 4.65. The molecule has 1 fully saturated rings. The van der Waals surface area contributed by atoms with E-state index < -0.39 is 0 Å². The summed E-state index contributed by atoms with van der Waals surface area (Å²) in [6.07, 6.45) is 0. The van der Waals surface area contributed by atoms with E-state index in [1.54, 1.807) is 17.4 Å². The molecule has 0 bridgehead atoms. The lowest BCUT2D eigenvalue weighted by atomic mass is 10.1. The Morgan fingerprint density at radius 2 is 2.00 bits per heavy atom. The van der Waals surface area contributed by atoms with Crippen molar-refractivity contribution in [2.24, 2.45) is 0 Å². The molecule has 1 aliphatic rings. The number of fused-ring (bicyclic) bond motifs is 1. The predicted molar refractivity (Wildman–Crippen MR) is 104 cm³/mol. The summed E-state index contributed by atoms with van der Waals surface area (Å²) < 4.78 is 5.47. The second-order valence-corrected chi connectivity index (χ2v) is 7.26. The molecule has 1 amide bonds. The summed E-state index contributed by atoms with van der Waals surface area (Å²) in [6.45, 7) is 3.80. The monoisotopic (exact) mass is 367 g/mol. The average Bonchev–Trinajstić information content (AvgIpc) is 3.23. The van der Waals surface area contributed by atoms with Gasteiger partial charge in [-0.3, -0.25) is 9.69 Å². The van der Waals surface area contributed by atoms with E-state index in [1.807, 2.05) is 30.3 Å². The van der Waals surface area contributed by atoms with Crippen LogP contribution in [0.3, 0.4) is 0 Å². The molecule has 1 unspecified atom stereocenters. The Hall–Kier alpha value is -2.28. The van der Waals surface area contributed by atoms with Crippen LogP contribution in [0.2, 0.25) is 0 Å². The third kappa shape index (κ3) is 3.77. The van der Waals surface area contributed by atoms with Crippen molar-refractivity contribution in [1.29, 1.82) is 0 Å². The number of carbonyl (C=O) groups is 1. The molecule has 1 aliphatic heterocycles. The molecule has 0 spiro atoms. The SMILES string of the molecule is O=C(NCC(c1cccs1)N1CCOCC1)c1ccc2ccccc2n1. The van der Waals surface area contributed by atoms with E-state index in [9.17, 15) is 4.79 Å². The van der Waals surface area contributed by atoms with E-state index in [1.165, 1.54) is 4.88 Å². The van der Waals surface area contributed by atoms with E-state index >= 15 is 0 Å². The minimum Gasteiger partial charge on any atom is -0.379 e. The van der Waals surface area contributed by atoms with Crippen molar-refractivity contribution in [2.75, 3.05) is 32.8 Å². The van der Waals surface area contributed by atoms with Crippen LogP contribution in [0.25, 0.3) is 10.9 Å². The Kier molecular flexibility index (Phi) is 5.24. The number of ether oxygens (including phenoxy) is 1. The fourth-order valence-corrected chi connectivity index (χ4v) is 4.11. The number of hydrogen-bond donors (Lipinski definition) is 1. The number of amides is 1. The molecule has 0 aliphatic carbocycles. The number of pyridine rings is 1. The van der Waals surface area contributed by atoms with Crippen LogP contribution in [-0.2, 0) is 4.74 Å². The van der Waals surface area contributed by atoms with Crippen molar-refractivity contribution in [2.45, 2.75) is 6.04 Å². The summed E-state index contributed by atoms with van der Waals surface area (Å²) in [7, 11) is 0. The molecule has 134 valence electrons. The first-order chi connectivity index (χ1) is 12.8. The van der Waals surface area contributed by atoms with Crippen LogP contribution in [-0.4, -0.2) is 48.6 Å². The van der Waals surface area contributed by atoms with Crippen LogP contribution in [0.4, 0.5) is 0 Å². The minimum atomic E-state index is -0.134. The van der Waals surface area contributed by atoms with Crippen molar-refractivity contribution >= 4 is 28.1 Å². The van der Waals surface area contributed by atoms with Gasteiger partial charge in [-0.25, -0.2) is 4.98 Å². The molecule has 0 saturated carbocycles. The third-order valence-corrected chi connectivity index (χ3v) is 5.62. The number of nitrogens with one attached hydrogen (secondary N) is 1. The second-order valence-electron chi connectivity index (χ2n) is 6.28. The highest BCUT2D eigenvalue weighted by Gasteiger charge is 2.24. The number of rotatable bonds is 5. The van der Waals surface area contributed by atoms with E-state index in [0.717, 1.165) is 37.2 Å². The maximum absolute atomic E-state index is 12.6. The van der Waals surface area contributed by atoms with Gasteiger partial charge in [-0.15, -0.1) is 11.3 Å². The van der Waals surface area contributed by atoms with Crippen LogP contribution < -0.4 is 5.32 Å². The molecule has 1 aromatic carbocycles. The number of aromatic nitrogens is 1. The first-order valence-electron chi connectivity index (χ1n) is 8.80. The number of hydrogen-bond acceptors (Lipinski definition) is 5. The normalized spacial score (nSPS) is 16.5. The van der Waals surface area contributed by atoms with Gasteiger partial charge in [0.15, 0.2) is 0 Å². The highest BCUT2D eigenvalue weighted by Crippen LogP contribution is 2.25. The lowest BCUT2D eigenvalue weighted by molar-refractivity contribution is 0.0169. The first-order valence-corrected chi connectivity index (χ1v) is 9.68. The molecular formula is C20H21N3O2S. The molecule has 1 N–H and O–H groups in total. The van der Waals surface area contributed by atoms with Gasteiger partial charge in [-0.05, 0) is 23.6 Å². The fourth-order valence-electron chi connectivity index (χ4n) is 3.25. The van der Waals surface area contributed by atoms with Gasteiger partial charge in [0.1, 0.15) is 5.69 Å². The zero-order chi connectivity index (χ0) is 17.8. The highest BCUT2D eigenvalue weighted by atomic mass is 32.1. The number of nitrogens with zero attached hydrogens (tertiary/aromatic N) is 2. The minimum absolute atomic E-state index is 0.134. The summed E-state index contributed by atoms with van der Waals surface area (Å²) in [5, 5.41) is 6.19. The zero-order valence-electron chi connectivity index (χ0n) is 14.4. The van der Waals surface area contributed by atoms with Crippen molar-refractivity contribution in [3.63, 3.8) is 0 Å². The summed E-state index contributed by atoms with van der Waals surface area (Å²) in [4.78, 5) is 20.8. The molecule has 3 heterocycles. The molecule has 3 aromatic rings. The van der Waals surface area contributed by atoms with Crippen molar-refractivity contribution < 1.29 is 9.53 Å². The Morgan fingerprint density at radius 3 is 2.81 bits per heavy atom. The number of para-hydroxylation sites is 1. The first kappa shape index (κ1) is 17.1. The second kappa shape index (κ2) is 7.95. The van der Waals surface area contributed by atoms with E-state index in [4.69, 9.17) is 4.74 Å². The van der Waals surface area contributed by atoms with Gasteiger partial charge in [0, 0.05) is 29.9 Å². The predicted octanol–water partition coefficient (Wildman–Crippen LogP) is 3.10. The van der Waals surface area contributed by atoms with Gasteiger partial charge in [-0.2, -0.15) is 0 Å². The number of thiophene rings is 1. The molecule has 4 rings (SSSR count). The highest BCUT2D eigenvalue weighted by molar-refractivity contribution is 7.10. The average molecular weight is 367 g/mol. The topological polar surface area (TPSA) is 54.5 Å². The van der Waals surface area contributed by atoms with E-state index in [2.05, 4.69) is 32.7 Å². The Bertz CT molecular complexity index is 876. The molecule has 0 radical (unpaired) electrons. The maximum Gasteiger partial charge on any atom is 0.269 e. The molecule has 6 heteroatoms. The maximum atomic E-state index is 12.6. The zero-order valence-corrected chi connectivity index (χ0v) is 15.2. The fraction of sp³-hybridized carbons (Fsp3) is 0.300. The van der Waals surface area contributed by atoms with E-state index in [-0.39, 0.29) is 11.9 Å². The molecule has 26 heavy (non-hydrogen) atoms. The largest absolute Gasteiger partial charge is 0.379 e. The van der Waals surface area contributed by atoms with Gasteiger partial charge >= 0.3 is 0 Å². The van der Waals surface area contributed by atoms with Crippen molar-refractivity contribution in [3.05, 3.63) is 64.5 Å². The summed E-state index contributed by atoms with van der Waals surface area (Å²) >= 11 is 1.72. The lowest BCUT2D eigenvalue weighted by Crippen LogP contribution is -2.43. The van der Waals surface area contributed by atoms with Crippen molar-refractivity contribution in [1.82, 2.24) is 15.2 Å². The summed E-state index contributed by atoms with van der Waals surface area (Å²) in [5.74, 6) is -0.134. The quantitative estimate of drug-likeness (QED) is 0.753. The molecular weight excluding hydrogens is 346 g/mol. The van der Waals surface area contributed by atoms with Gasteiger partial charge in [-0.1, -0.05) is 30.3 Å². The van der Waals surface area contributed by atoms with Crippen LogP contribution in [0.15, 0.2) is 53.9 Å².